The molecule has 3 rings (SSSR count). The molecule has 2 N–H and O–H groups in total. The molecule has 0 saturated heterocycles. The Hall–Kier alpha value is -1.71. The zero-order chi connectivity index (χ0) is 15.0. The van der Waals surface area contributed by atoms with E-state index in [-0.39, 0.29) is 5.91 Å². The van der Waals surface area contributed by atoms with Gasteiger partial charge in [0.2, 0.25) is 0 Å². The first-order valence-electron chi connectivity index (χ1n) is 6.72. The van der Waals surface area contributed by atoms with E-state index in [0.29, 0.717) is 27.8 Å². The number of nitrogens with two attached hydrogens (primary N) is 1. The molecule has 1 aliphatic heterocycles. The van der Waals surface area contributed by atoms with Crippen LogP contribution in [0.3, 0.4) is 0 Å². The van der Waals surface area contributed by atoms with Crippen molar-refractivity contribution in [1.82, 2.24) is 0 Å². The molecular weight excluding hydrogens is 307 g/mol. The molecule has 21 heavy (non-hydrogen) atoms. The predicted molar refractivity (Wildman–Crippen MR) is 87.3 cm³/mol. The molecule has 0 saturated carbocycles. The van der Waals surface area contributed by atoms with Gasteiger partial charge in [-0.1, -0.05) is 29.3 Å². The number of halogens is 2. The van der Waals surface area contributed by atoms with Crippen LogP contribution in [0.5, 0.6) is 0 Å². The Kier molecular flexibility index (Phi) is 3.79. The Morgan fingerprint density at radius 2 is 1.86 bits per heavy atom. The minimum atomic E-state index is -0.170. The Morgan fingerprint density at radius 3 is 2.57 bits per heavy atom. The minimum Gasteiger partial charge on any atom is -0.399 e. The highest BCUT2D eigenvalue weighted by Crippen LogP contribution is 2.33. The second-order valence-electron chi connectivity index (χ2n) is 5.05. The van der Waals surface area contributed by atoms with E-state index >= 15 is 0 Å². The lowest BCUT2D eigenvalue weighted by Crippen LogP contribution is -2.35. The fourth-order valence-electron chi connectivity index (χ4n) is 2.67. The van der Waals surface area contributed by atoms with Gasteiger partial charge in [-0.3, -0.25) is 4.79 Å². The van der Waals surface area contributed by atoms with Crippen LogP contribution in [-0.2, 0) is 6.42 Å². The van der Waals surface area contributed by atoms with Crippen molar-refractivity contribution in [3.63, 3.8) is 0 Å². The summed E-state index contributed by atoms with van der Waals surface area (Å²) in [6.07, 6.45) is 1.81. The molecular formula is C16H14Cl2N2O. The molecule has 0 unspecified atom stereocenters. The summed E-state index contributed by atoms with van der Waals surface area (Å²) in [5, 5.41) is 0.741. The maximum atomic E-state index is 12.8. The van der Waals surface area contributed by atoms with Crippen molar-refractivity contribution in [2.24, 2.45) is 0 Å². The molecule has 1 heterocycles. The second kappa shape index (κ2) is 5.58. The zero-order valence-corrected chi connectivity index (χ0v) is 12.8. The first-order chi connectivity index (χ1) is 10.1. The number of rotatable bonds is 1. The van der Waals surface area contributed by atoms with Crippen LogP contribution >= 0.6 is 23.2 Å². The summed E-state index contributed by atoms with van der Waals surface area (Å²) >= 11 is 12.3. The number of hydrogen-bond acceptors (Lipinski definition) is 2. The molecule has 0 aromatic heterocycles. The van der Waals surface area contributed by atoms with Gasteiger partial charge in [-0.15, -0.1) is 0 Å². The summed E-state index contributed by atoms with van der Waals surface area (Å²) in [5.74, 6) is -0.170. The molecule has 2 aromatic rings. The number of aryl methyl sites for hydroxylation is 1. The molecule has 3 nitrogen and oxygen atoms in total. The normalized spacial score (nSPS) is 13.9. The third kappa shape index (κ3) is 2.59. The van der Waals surface area contributed by atoms with Crippen molar-refractivity contribution in [2.75, 3.05) is 17.2 Å². The third-order valence-corrected chi connectivity index (χ3v) is 4.27. The standard InChI is InChI=1S/C16H14Cl2N2O/c17-12-4-1-5-13(18)15(12)16(21)20-8-2-3-10-9-11(19)6-7-14(10)20/h1,4-7,9H,2-3,8,19H2. The monoisotopic (exact) mass is 320 g/mol. The van der Waals surface area contributed by atoms with E-state index in [1.807, 2.05) is 12.1 Å². The highest BCUT2D eigenvalue weighted by atomic mass is 35.5. The van der Waals surface area contributed by atoms with E-state index in [1.54, 1.807) is 29.2 Å². The lowest BCUT2D eigenvalue weighted by molar-refractivity contribution is 0.0985. The van der Waals surface area contributed by atoms with Crippen LogP contribution in [0.4, 0.5) is 11.4 Å². The summed E-state index contributed by atoms with van der Waals surface area (Å²) in [6.45, 7) is 0.650. The number of fused-ring (bicyclic) bond motifs is 1. The highest BCUT2D eigenvalue weighted by Gasteiger charge is 2.26. The van der Waals surface area contributed by atoms with Gasteiger partial charge < -0.3 is 10.6 Å². The van der Waals surface area contributed by atoms with Crippen LogP contribution in [-0.4, -0.2) is 12.5 Å². The minimum absolute atomic E-state index is 0.170. The molecule has 0 aliphatic carbocycles. The van der Waals surface area contributed by atoms with Crippen molar-refractivity contribution >= 4 is 40.5 Å². The highest BCUT2D eigenvalue weighted by molar-refractivity contribution is 6.40. The topological polar surface area (TPSA) is 46.3 Å². The number of benzene rings is 2. The van der Waals surface area contributed by atoms with Gasteiger partial charge in [-0.2, -0.15) is 0 Å². The lowest BCUT2D eigenvalue weighted by atomic mass is 10.00. The third-order valence-electron chi connectivity index (χ3n) is 3.64. The molecule has 1 amide bonds. The van der Waals surface area contributed by atoms with E-state index in [1.165, 1.54) is 0 Å². The van der Waals surface area contributed by atoms with Crippen molar-refractivity contribution in [3.05, 3.63) is 57.6 Å². The predicted octanol–water partition coefficient (Wildman–Crippen LogP) is 4.17. The largest absolute Gasteiger partial charge is 0.399 e. The maximum Gasteiger partial charge on any atom is 0.261 e. The fourth-order valence-corrected chi connectivity index (χ4v) is 3.22. The quantitative estimate of drug-likeness (QED) is 0.801. The van der Waals surface area contributed by atoms with E-state index < -0.39 is 0 Å². The fraction of sp³-hybridized carbons (Fsp3) is 0.188. The molecule has 0 spiro atoms. The van der Waals surface area contributed by atoms with Crippen molar-refractivity contribution in [2.45, 2.75) is 12.8 Å². The van der Waals surface area contributed by atoms with Gasteiger partial charge in [0.1, 0.15) is 0 Å². The van der Waals surface area contributed by atoms with Gasteiger partial charge in [-0.25, -0.2) is 0 Å². The Labute approximate surface area is 133 Å². The van der Waals surface area contributed by atoms with Crippen LogP contribution in [0, 0.1) is 0 Å². The Balaban J connectivity index is 2.05. The van der Waals surface area contributed by atoms with E-state index in [2.05, 4.69) is 0 Å². The molecule has 5 heteroatoms. The average molecular weight is 321 g/mol. The first-order valence-corrected chi connectivity index (χ1v) is 7.48. The van der Waals surface area contributed by atoms with E-state index in [4.69, 9.17) is 28.9 Å². The number of hydrogen-bond donors (Lipinski definition) is 1. The summed E-state index contributed by atoms with van der Waals surface area (Å²) in [7, 11) is 0. The van der Waals surface area contributed by atoms with Crippen LogP contribution in [0.2, 0.25) is 10.0 Å². The van der Waals surface area contributed by atoms with Crippen LogP contribution in [0.15, 0.2) is 36.4 Å². The van der Waals surface area contributed by atoms with Gasteiger partial charge in [0.15, 0.2) is 0 Å². The van der Waals surface area contributed by atoms with Gasteiger partial charge in [0, 0.05) is 17.9 Å². The molecule has 0 radical (unpaired) electrons. The first kappa shape index (κ1) is 14.2. The zero-order valence-electron chi connectivity index (χ0n) is 11.3. The van der Waals surface area contributed by atoms with Gasteiger partial charge >= 0.3 is 0 Å². The number of anilines is 2. The van der Waals surface area contributed by atoms with Crippen LogP contribution in [0.25, 0.3) is 0 Å². The SMILES string of the molecule is Nc1ccc2c(c1)CCCN2C(=O)c1c(Cl)cccc1Cl. The number of nitrogens with zero attached hydrogens (tertiary/aromatic N) is 1. The molecule has 0 fully saturated rings. The Bertz CT molecular complexity index is 695. The molecule has 0 bridgehead atoms. The number of carbonyl (C=O) groups excluding carboxylic acids is 1. The summed E-state index contributed by atoms with van der Waals surface area (Å²) in [5.41, 5.74) is 8.84. The number of amides is 1. The molecule has 1 aliphatic rings. The van der Waals surface area contributed by atoms with E-state index in [9.17, 15) is 4.79 Å². The van der Waals surface area contributed by atoms with Gasteiger partial charge in [0.25, 0.3) is 5.91 Å². The van der Waals surface area contributed by atoms with Crippen molar-refractivity contribution in [1.29, 1.82) is 0 Å². The maximum absolute atomic E-state index is 12.8. The van der Waals surface area contributed by atoms with Gasteiger partial charge in [0.05, 0.1) is 15.6 Å². The smallest absolute Gasteiger partial charge is 0.261 e. The number of carbonyl (C=O) groups is 1. The summed E-state index contributed by atoms with van der Waals surface area (Å²) in [6, 6.07) is 10.7. The van der Waals surface area contributed by atoms with Gasteiger partial charge in [-0.05, 0) is 48.7 Å². The van der Waals surface area contributed by atoms with E-state index in [0.717, 1.165) is 24.1 Å². The summed E-state index contributed by atoms with van der Waals surface area (Å²) in [4.78, 5) is 14.5. The average Bonchev–Trinajstić information content (AvgIpc) is 2.46. The number of nitrogen functional groups attached to an aromatic ring is 1. The molecule has 0 atom stereocenters. The lowest BCUT2D eigenvalue weighted by Gasteiger charge is -2.30. The summed E-state index contributed by atoms with van der Waals surface area (Å²) < 4.78 is 0. The molecule has 2 aromatic carbocycles. The molecule has 108 valence electrons. The van der Waals surface area contributed by atoms with Crippen LogP contribution < -0.4 is 10.6 Å². The Morgan fingerprint density at radius 1 is 1.14 bits per heavy atom. The van der Waals surface area contributed by atoms with Crippen molar-refractivity contribution in [3.8, 4) is 0 Å². The second-order valence-corrected chi connectivity index (χ2v) is 5.86. The van der Waals surface area contributed by atoms with Crippen LogP contribution in [0.1, 0.15) is 22.3 Å². The van der Waals surface area contributed by atoms with Crippen molar-refractivity contribution < 1.29 is 4.79 Å².